The summed E-state index contributed by atoms with van der Waals surface area (Å²) in [5.41, 5.74) is 2.69. The van der Waals surface area contributed by atoms with Crippen LogP contribution in [-0.4, -0.2) is 30.7 Å². The van der Waals surface area contributed by atoms with Crippen LogP contribution in [-0.2, 0) is 4.79 Å². The highest BCUT2D eigenvalue weighted by atomic mass is 16.3. The van der Waals surface area contributed by atoms with Gasteiger partial charge < -0.3 is 9.90 Å². The summed E-state index contributed by atoms with van der Waals surface area (Å²) in [5.74, 6) is 5.55. The number of hydrogen-bond acceptors (Lipinski definition) is 6. The van der Waals surface area contributed by atoms with Gasteiger partial charge >= 0.3 is 0 Å². The monoisotopic (exact) mass is 543 g/mol. The SMILES string of the molecule is CC(C)C=O.CCCCCCCCCCCC/N=N/C(O)C(C)C.CCCCCCCCCCCCNN. The average molecular weight is 543 g/mol. The Labute approximate surface area is 238 Å². The van der Waals surface area contributed by atoms with Crippen LogP contribution in [0.4, 0.5) is 0 Å². The zero-order valence-electron chi connectivity index (χ0n) is 26.7. The van der Waals surface area contributed by atoms with Crippen LogP contribution in [0.3, 0.4) is 0 Å². The van der Waals surface area contributed by atoms with Gasteiger partial charge in [-0.2, -0.15) is 10.2 Å². The number of aldehydes is 1. The Morgan fingerprint density at radius 2 is 1.00 bits per heavy atom. The lowest BCUT2D eigenvalue weighted by Gasteiger charge is -2.06. The molecule has 230 valence electrons. The van der Waals surface area contributed by atoms with Gasteiger partial charge in [-0.3, -0.25) is 11.3 Å². The normalized spacial score (nSPS) is 11.8. The fourth-order valence-corrected chi connectivity index (χ4v) is 3.66. The number of nitrogens with one attached hydrogen (secondary N) is 1. The van der Waals surface area contributed by atoms with E-state index in [-0.39, 0.29) is 11.8 Å². The van der Waals surface area contributed by atoms with Crippen LogP contribution in [0.15, 0.2) is 10.2 Å². The second kappa shape index (κ2) is 38.3. The van der Waals surface area contributed by atoms with E-state index in [1.165, 1.54) is 122 Å². The number of carbonyl (C=O) groups excluding carboxylic acids is 1. The van der Waals surface area contributed by atoms with Gasteiger partial charge in [0.25, 0.3) is 0 Å². The summed E-state index contributed by atoms with van der Waals surface area (Å²) in [7, 11) is 0. The number of hydrazine groups is 1. The lowest BCUT2D eigenvalue weighted by molar-refractivity contribution is -0.110. The molecule has 1 unspecified atom stereocenters. The number of nitrogens with zero attached hydrogens (tertiary/aromatic N) is 2. The molecule has 0 heterocycles. The highest BCUT2D eigenvalue weighted by molar-refractivity contribution is 5.51. The molecule has 0 aromatic carbocycles. The lowest BCUT2D eigenvalue weighted by atomic mass is 10.1. The van der Waals surface area contributed by atoms with Crippen molar-refractivity contribution in [1.29, 1.82) is 0 Å². The first-order valence-electron chi connectivity index (χ1n) is 16.3. The topological polar surface area (TPSA) is 100 Å². The Hall–Kier alpha value is -0.850. The maximum atomic E-state index is 9.50. The molecule has 0 aliphatic carbocycles. The zero-order valence-corrected chi connectivity index (χ0v) is 26.7. The summed E-state index contributed by atoms with van der Waals surface area (Å²) in [6, 6.07) is 0. The molecule has 38 heavy (non-hydrogen) atoms. The number of nitrogens with two attached hydrogens (primary N) is 1. The molecule has 0 bridgehead atoms. The Morgan fingerprint density at radius 1 is 0.658 bits per heavy atom. The predicted molar refractivity (Wildman–Crippen MR) is 167 cm³/mol. The van der Waals surface area contributed by atoms with E-state index >= 15 is 0 Å². The summed E-state index contributed by atoms with van der Waals surface area (Å²) < 4.78 is 0. The first-order chi connectivity index (χ1) is 18.4. The predicted octanol–water partition coefficient (Wildman–Crippen LogP) is 9.55. The summed E-state index contributed by atoms with van der Waals surface area (Å²) in [4.78, 5) is 9.50. The molecule has 4 N–H and O–H groups in total. The third-order valence-electron chi connectivity index (χ3n) is 6.35. The van der Waals surface area contributed by atoms with Crippen LogP contribution in [0.2, 0.25) is 0 Å². The molecule has 0 aliphatic rings. The number of rotatable bonds is 25. The van der Waals surface area contributed by atoms with Crippen molar-refractivity contribution in [2.75, 3.05) is 13.1 Å². The second-order valence-corrected chi connectivity index (χ2v) is 11.3. The number of carbonyl (C=O) groups is 1. The van der Waals surface area contributed by atoms with Crippen molar-refractivity contribution in [3.8, 4) is 0 Å². The maximum Gasteiger partial charge on any atom is 0.167 e. The second-order valence-electron chi connectivity index (χ2n) is 11.3. The molecule has 0 saturated carbocycles. The van der Waals surface area contributed by atoms with Gasteiger partial charge in [0.05, 0.1) is 6.54 Å². The largest absolute Gasteiger partial charge is 0.370 e. The fourth-order valence-electron chi connectivity index (χ4n) is 3.66. The smallest absolute Gasteiger partial charge is 0.167 e. The third-order valence-corrected chi connectivity index (χ3v) is 6.35. The third kappa shape index (κ3) is 45.1. The molecule has 0 spiro atoms. The van der Waals surface area contributed by atoms with Gasteiger partial charge in [-0.25, -0.2) is 0 Å². The average Bonchev–Trinajstić information content (AvgIpc) is 2.91. The van der Waals surface area contributed by atoms with Crippen LogP contribution in [0, 0.1) is 11.8 Å². The summed E-state index contributed by atoms with van der Waals surface area (Å²) in [6.07, 6.45) is 27.5. The van der Waals surface area contributed by atoms with Crippen molar-refractivity contribution in [1.82, 2.24) is 5.43 Å². The van der Waals surface area contributed by atoms with Gasteiger partial charge in [-0.1, -0.05) is 157 Å². The lowest BCUT2D eigenvalue weighted by Crippen LogP contribution is -2.22. The van der Waals surface area contributed by atoms with Gasteiger partial charge in [0.2, 0.25) is 0 Å². The van der Waals surface area contributed by atoms with Crippen molar-refractivity contribution in [3.63, 3.8) is 0 Å². The van der Waals surface area contributed by atoms with Crippen LogP contribution in [0.5, 0.6) is 0 Å². The number of aliphatic hydroxyl groups is 1. The van der Waals surface area contributed by atoms with E-state index in [1.807, 2.05) is 27.7 Å². The molecule has 0 saturated heterocycles. The summed E-state index contributed by atoms with van der Waals surface area (Å²) >= 11 is 0. The molecule has 6 nitrogen and oxygen atoms in total. The summed E-state index contributed by atoms with van der Waals surface area (Å²) in [5, 5.41) is 17.3. The molecule has 6 heteroatoms. The van der Waals surface area contributed by atoms with Crippen molar-refractivity contribution < 1.29 is 9.90 Å². The van der Waals surface area contributed by atoms with Crippen LogP contribution < -0.4 is 11.3 Å². The Bertz CT molecular complexity index is 433. The number of aliphatic hydroxyl groups excluding tert-OH is 1. The molecule has 0 radical (unpaired) electrons. The van der Waals surface area contributed by atoms with Gasteiger partial charge in [0.1, 0.15) is 6.29 Å². The van der Waals surface area contributed by atoms with E-state index in [1.54, 1.807) is 0 Å². The molecule has 0 aromatic heterocycles. The molecule has 1 atom stereocenters. The van der Waals surface area contributed by atoms with Gasteiger partial charge in [-0.05, 0) is 12.8 Å². The van der Waals surface area contributed by atoms with Gasteiger partial charge in [0, 0.05) is 18.4 Å². The Kier molecular flexibility index (Phi) is 42.0. The maximum absolute atomic E-state index is 9.50. The van der Waals surface area contributed by atoms with E-state index in [0.29, 0.717) is 0 Å². The highest BCUT2D eigenvalue weighted by Crippen LogP contribution is 2.11. The molecular weight excluding hydrogens is 472 g/mol. The van der Waals surface area contributed by atoms with Crippen molar-refractivity contribution in [2.45, 2.75) is 176 Å². The Balaban J connectivity index is -0.000000564. The van der Waals surface area contributed by atoms with Crippen molar-refractivity contribution >= 4 is 6.29 Å². The Morgan fingerprint density at radius 3 is 1.32 bits per heavy atom. The quantitative estimate of drug-likeness (QED) is 0.0351. The first kappa shape index (κ1) is 41.6. The van der Waals surface area contributed by atoms with Crippen molar-refractivity contribution in [3.05, 3.63) is 0 Å². The highest BCUT2D eigenvalue weighted by Gasteiger charge is 2.05. The number of hydrogen-bond donors (Lipinski definition) is 3. The zero-order chi connectivity index (χ0) is 29.1. The fraction of sp³-hybridized carbons (Fsp3) is 0.969. The first-order valence-corrected chi connectivity index (χ1v) is 16.3. The van der Waals surface area contributed by atoms with Crippen LogP contribution >= 0.6 is 0 Å². The van der Waals surface area contributed by atoms with Crippen LogP contribution in [0.25, 0.3) is 0 Å². The van der Waals surface area contributed by atoms with Gasteiger partial charge in [0.15, 0.2) is 6.23 Å². The minimum atomic E-state index is -0.622. The molecular formula is C32H70N4O2. The van der Waals surface area contributed by atoms with E-state index in [9.17, 15) is 9.90 Å². The van der Waals surface area contributed by atoms with E-state index in [4.69, 9.17) is 5.84 Å². The summed E-state index contributed by atoms with van der Waals surface area (Å²) in [6.45, 7) is 13.9. The van der Waals surface area contributed by atoms with E-state index in [2.05, 4.69) is 29.5 Å². The number of unbranched alkanes of at least 4 members (excludes halogenated alkanes) is 18. The molecule has 0 fully saturated rings. The molecule has 0 aliphatic heterocycles. The van der Waals surface area contributed by atoms with Crippen LogP contribution in [0.1, 0.15) is 170 Å². The molecule has 0 aromatic rings. The molecule has 0 rings (SSSR count). The standard InChI is InChI=1S/C16H34N2O.C12H28N2.C4H8O/c1-4-5-6-7-8-9-10-11-12-13-14-17-18-16(19)15(2)3;1-2-3-4-5-6-7-8-9-10-11-12-14-13;1-4(2)3-5/h15-16,19H,4-14H2,1-3H3;14H,2-13H2,1H3;3-4H,1-2H3/b18-17+;;. The van der Waals surface area contributed by atoms with E-state index in [0.717, 1.165) is 25.8 Å². The molecule has 0 amide bonds. The minimum absolute atomic E-state index is 0.163. The number of azo groups is 1. The van der Waals surface area contributed by atoms with Crippen molar-refractivity contribution in [2.24, 2.45) is 27.9 Å². The van der Waals surface area contributed by atoms with E-state index < -0.39 is 6.23 Å². The van der Waals surface area contributed by atoms with Gasteiger partial charge in [-0.15, -0.1) is 0 Å². The minimum Gasteiger partial charge on any atom is -0.370 e.